The molecule has 5 rings (SSSR count). The van der Waals surface area contributed by atoms with Gasteiger partial charge in [-0.2, -0.15) is 0 Å². The lowest BCUT2D eigenvalue weighted by Crippen LogP contribution is -2.14. The molecule has 0 aliphatic heterocycles. The van der Waals surface area contributed by atoms with Crippen LogP contribution in [0.25, 0.3) is 22.3 Å². The van der Waals surface area contributed by atoms with E-state index in [-0.39, 0.29) is 10.8 Å². The first-order valence-electron chi connectivity index (χ1n) is 14.0. The number of rotatable bonds is 5. The second-order valence-corrected chi connectivity index (χ2v) is 13.6. The van der Waals surface area contributed by atoms with Gasteiger partial charge in [0.05, 0.1) is 0 Å². The summed E-state index contributed by atoms with van der Waals surface area (Å²) in [5.74, 6) is 0. The minimum atomic E-state index is 0.0987. The molecule has 0 saturated carbocycles. The maximum Gasteiger partial charge on any atom is 0.0474 e. The average Bonchev–Trinajstić information content (AvgIpc) is 2.94. The van der Waals surface area contributed by atoms with E-state index in [1.54, 1.807) is 0 Å². The Morgan fingerprint density at radius 2 is 0.800 bits per heavy atom. The van der Waals surface area contributed by atoms with Crippen LogP contribution in [-0.4, -0.2) is 0 Å². The summed E-state index contributed by atoms with van der Waals surface area (Å²) in [6, 6.07) is 44.3. The fourth-order valence-electron chi connectivity index (χ4n) is 5.06. The molecule has 0 spiro atoms. The first kappa shape index (κ1) is 28.2. The maximum absolute atomic E-state index is 2.53. The number of halogens is 1. The van der Waals surface area contributed by atoms with Crippen molar-refractivity contribution in [2.75, 3.05) is 4.90 Å². The molecule has 0 fully saturated rings. The topological polar surface area (TPSA) is 3.24 Å². The van der Waals surface area contributed by atoms with Gasteiger partial charge in [0.2, 0.25) is 0 Å². The summed E-state index contributed by atoms with van der Waals surface area (Å²) < 4.78 is 1.25. The van der Waals surface area contributed by atoms with E-state index < -0.39 is 0 Å². The Hall–Kier alpha value is -3.37. The average molecular weight is 636 g/mol. The summed E-state index contributed by atoms with van der Waals surface area (Å²) >= 11 is 2.53. The Bertz CT molecular complexity index is 1450. The number of hydrogen-bond donors (Lipinski definition) is 0. The van der Waals surface area contributed by atoms with Crippen molar-refractivity contribution in [3.63, 3.8) is 0 Å². The lowest BCUT2D eigenvalue weighted by Gasteiger charge is -2.29. The molecule has 5 aromatic carbocycles. The summed E-state index contributed by atoms with van der Waals surface area (Å²) in [5.41, 5.74) is 11.2. The molecule has 0 aliphatic rings. The van der Waals surface area contributed by atoms with Gasteiger partial charge in [-0.05, 0) is 103 Å². The Morgan fingerprint density at radius 1 is 0.450 bits per heavy atom. The normalized spacial score (nSPS) is 11.9. The van der Waals surface area contributed by atoms with Gasteiger partial charge in [-0.15, -0.1) is 0 Å². The first-order chi connectivity index (χ1) is 19.0. The summed E-state index contributed by atoms with van der Waals surface area (Å²) in [4.78, 5) is 2.40. The van der Waals surface area contributed by atoms with Gasteiger partial charge < -0.3 is 4.90 Å². The van der Waals surface area contributed by atoms with Gasteiger partial charge in [-0.1, -0.05) is 126 Å². The predicted octanol–water partition coefficient (Wildman–Crippen LogP) is 11.7. The van der Waals surface area contributed by atoms with E-state index in [0.717, 1.165) is 17.1 Å². The van der Waals surface area contributed by atoms with E-state index in [0.29, 0.717) is 0 Å². The van der Waals surface area contributed by atoms with Crippen molar-refractivity contribution in [1.82, 2.24) is 0 Å². The summed E-state index contributed by atoms with van der Waals surface area (Å²) in [6.45, 7) is 13.6. The largest absolute Gasteiger partial charge is 0.310 e. The Morgan fingerprint density at radius 3 is 1.12 bits per heavy atom. The quantitative estimate of drug-likeness (QED) is 0.174. The highest BCUT2D eigenvalue weighted by Gasteiger charge is 2.21. The zero-order valence-electron chi connectivity index (χ0n) is 24.4. The highest BCUT2D eigenvalue weighted by Crippen LogP contribution is 2.43. The number of hydrogen-bond acceptors (Lipinski definition) is 1. The Labute approximate surface area is 254 Å². The molecule has 0 N–H and O–H groups in total. The van der Waals surface area contributed by atoms with Gasteiger partial charge in [0.15, 0.2) is 0 Å². The van der Waals surface area contributed by atoms with Crippen molar-refractivity contribution in [1.29, 1.82) is 0 Å². The third kappa shape index (κ3) is 6.02. The number of benzene rings is 5. The third-order valence-electron chi connectivity index (χ3n) is 7.47. The molecular weight excluding hydrogens is 597 g/mol. The second-order valence-electron chi connectivity index (χ2n) is 12.5. The van der Waals surface area contributed by atoms with E-state index >= 15 is 0 Å². The molecule has 0 bridgehead atoms. The van der Waals surface area contributed by atoms with Crippen molar-refractivity contribution in [3.05, 3.63) is 136 Å². The molecule has 0 aromatic heterocycles. The van der Waals surface area contributed by atoms with Crippen LogP contribution in [0.1, 0.15) is 52.7 Å². The smallest absolute Gasteiger partial charge is 0.0474 e. The van der Waals surface area contributed by atoms with Crippen LogP contribution in [0.3, 0.4) is 0 Å². The fraction of sp³-hybridized carbons (Fsp3) is 0.211. The lowest BCUT2D eigenvalue weighted by molar-refractivity contribution is 0.590. The summed E-state index contributed by atoms with van der Waals surface area (Å²) in [6.07, 6.45) is 0. The molecular formula is C38H38IN. The predicted molar refractivity (Wildman–Crippen MR) is 182 cm³/mol. The zero-order chi connectivity index (χ0) is 28.5. The molecule has 0 saturated heterocycles. The first-order valence-corrected chi connectivity index (χ1v) is 15.1. The van der Waals surface area contributed by atoms with Crippen LogP contribution >= 0.6 is 22.6 Å². The summed E-state index contributed by atoms with van der Waals surface area (Å²) in [7, 11) is 0. The van der Waals surface area contributed by atoms with E-state index in [2.05, 4.69) is 190 Å². The third-order valence-corrected chi connectivity index (χ3v) is 8.63. The standard InChI is InChI=1S/C38H38IN/c1-37(2,3)29-17-21-31(22-18-29)40(32-23-19-30(20-24-32)38(4,5)6)33-25-34(27-13-9-7-10-14-27)36(39)35(26-33)28-15-11-8-12-16-28/h7-26H,1-6H3. The number of nitrogens with zero attached hydrogens (tertiary/aromatic N) is 1. The van der Waals surface area contributed by atoms with Gasteiger partial charge in [-0.25, -0.2) is 0 Å². The molecule has 0 atom stereocenters. The van der Waals surface area contributed by atoms with Gasteiger partial charge in [-0.3, -0.25) is 0 Å². The van der Waals surface area contributed by atoms with Crippen molar-refractivity contribution in [2.24, 2.45) is 0 Å². The fourth-order valence-corrected chi connectivity index (χ4v) is 6.00. The molecule has 0 heterocycles. The van der Waals surface area contributed by atoms with Crippen LogP contribution in [0, 0.1) is 3.57 Å². The lowest BCUT2D eigenvalue weighted by atomic mass is 9.86. The van der Waals surface area contributed by atoms with Crippen LogP contribution in [-0.2, 0) is 10.8 Å². The van der Waals surface area contributed by atoms with Crippen molar-refractivity contribution in [3.8, 4) is 22.3 Å². The van der Waals surface area contributed by atoms with Gasteiger partial charge >= 0.3 is 0 Å². The monoisotopic (exact) mass is 635 g/mol. The Balaban J connectivity index is 1.75. The zero-order valence-corrected chi connectivity index (χ0v) is 26.5. The molecule has 0 radical (unpaired) electrons. The van der Waals surface area contributed by atoms with E-state index in [4.69, 9.17) is 0 Å². The molecule has 2 heteroatoms. The van der Waals surface area contributed by atoms with E-state index in [1.807, 2.05) is 0 Å². The number of anilines is 3. The van der Waals surface area contributed by atoms with Crippen molar-refractivity contribution in [2.45, 2.75) is 52.4 Å². The highest BCUT2D eigenvalue weighted by molar-refractivity contribution is 14.1. The van der Waals surface area contributed by atoms with Gasteiger partial charge in [0.1, 0.15) is 0 Å². The maximum atomic E-state index is 2.53. The minimum absolute atomic E-state index is 0.0987. The Kier molecular flexibility index (Phi) is 7.92. The molecule has 0 aliphatic carbocycles. The molecule has 202 valence electrons. The van der Waals surface area contributed by atoms with Crippen LogP contribution in [0.5, 0.6) is 0 Å². The molecule has 0 amide bonds. The molecule has 0 unspecified atom stereocenters. The highest BCUT2D eigenvalue weighted by atomic mass is 127. The molecule has 40 heavy (non-hydrogen) atoms. The van der Waals surface area contributed by atoms with Crippen LogP contribution < -0.4 is 4.90 Å². The van der Waals surface area contributed by atoms with E-state index in [9.17, 15) is 0 Å². The second kappa shape index (κ2) is 11.2. The van der Waals surface area contributed by atoms with Gasteiger partial charge in [0.25, 0.3) is 0 Å². The van der Waals surface area contributed by atoms with Gasteiger partial charge in [0, 0.05) is 20.6 Å². The molecule has 1 nitrogen and oxygen atoms in total. The minimum Gasteiger partial charge on any atom is -0.310 e. The summed E-state index contributed by atoms with van der Waals surface area (Å²) in [5, 5.41) is 0. The van der Waals surface area contributed by atoms with Crippen LogP contribution in [0.4, 0.5) is 17.1 Å². The van der Waals surface area contributed by atoms with Crippen LogP contribution in [0.2, 0.25) is 0 Å². The van der Waals surface area contributed by atoms with Crippen molar-refractivity contribution >= 4 is 39.7 Å². The van der Waals surface area contributed by atoms with Crippen molar-refractivity contribution < 1.29 is 0 Å². The molecule has 5 aromatic rings. The van der Waals surface area contributed by atoms with Crippen LogP contribution in [0.15, 0.2) is 121 Å². The van der Waals surface area contributed by atoms with E-state index in [1.165, 1.54) is 37.0 Å². The SMILES string of the molecule is CC(C)(C)c1ccc(N(c2ccc(C(C)(C)C)cc2)c2cc(-c3ccccc3)c(I)c(-c3ccccc3)c2)cc1.